The topological polar surface area (TPSA) is 23.3 Å². The van der Waals surface area contributed by atoms with Crippen LogP contribution in [0, 0.1) is 13.8 Å². The normalized spacial score (nSPS) is 14.1. The third kappa shape index (κ3) is 8.89. The monoisotopic (exact) mass is 587 g/mol. The number of halogens is 2. The van der Waals surface area contributed by atoms with E-state index in [0.717, 1.165) is 13.0 Å². The van der Waals surface area contributed by atoms with Crippen molar-refractivity contribution in [2.45, 2.75) is 105 Å². The molecule has 0 saturated carbocycles. The van der Waals surface area contributed by atoms with Gasteiger partial charge in [-0.3, -0.25) is 0 Å². The summed E-state index contributed by atoms with van der Waals surface area (Å²) in [4.78, 5) is 5.59. The summed E-state index contributed by atoms with van der Waals surface area (Å²) in [6.07, 6.45) is 4.92. The van der Waals surface area contributed by atoms with Gasteiger partial charge in [-0.25, -0.2) is 0 Å². The zero-order chi connectivity index (χ0) is 26.4. The molecule has 0 spiro atoms. The molecule has 1 unspecified atom stereocenters. The average Bonchev–Trinajstić information content (AvgIpc) is 3.20. The molecule has 0 aliphatic rings. The summed E-state index contributed by atoms with van der Waals surface area (Å²) in [5, 5.41) is 4.52. The summed E-state index contributed by atoms with van der Waals surface area (Å²) in [6.45, 7) is 21.3. The van der Waals surface area contributed by atoms with Crippen LogP contribution >= 0.6 is 29.9 Å². The van der Waals surface area contributed by atoms with Crippen LogP contribution in [-0.2, 0) is 21.8 Å². The maximum atomic E-state index is 5.90. The predicted octanol–water partition coefficient (Wildman–Crippen LogP) is 10.1. The summed E-state index contributed by atoms with van der Waals surface area (Å²) in [7, 11) is 7.77. The van der Waals surface area contributed by atoms with Crippen LogP contribution < -0.4 is 5.19 Å². The number of nitrogens with zero attached hydrogens (tertiary/aromatic N) is 1. The van der Waals surface area contributed by atoms with E-state index in [1.807, 2.05) is 11.3 Å². The molecular formula is C28H43Cl2NOSSiTi-2. The predicted molar refractivity (Wildman–Crippen MR) is 159 cm³/mol. The molecule has 0 fully saturated rings. The van der Waals surface area contributed by atoms with Crippen molar-refractivity contribution in [3.63, 3.8) is 0 Å². The SMILES string of the molecule is Cc1c(C)[c-]([Si](C)(CCCCCCOC(C)(C)C)[N-]C(C)(C)C)c2sc3ccccc3c12.[Cl][Ti][Cl]. The molecule has 0 radical (unpaired) electrons. The van der Waals surface area contributed by atoms with Gasteiger partial charge in [-0.2, -0.15) is 27.7 Å². The van der Waals surface area contributed by atoms with Crippen molar-refractivity contribution in [2.75, 3.05) is 6.61 Å². The molecule has 1 atom stereocenters. The van der Waals surface area contributed by atoms with Gasteiger partial charge in [-0.15, -0.1) is 10.9 Å². The molecule has 0 aliphatic carbocycles. The first kappa shape index (κ1) is 31.4. The second-order valence-corrected chi connectivity index (χ2v) is 19.1. The first-order chi connectivity index (χ1) is 16.2. The van der Waals surface area contributed by atoms with E-state index in [1.165, 1.54) is 56.6 Å². The average molecular weight is 589 g/mol. The zero-order valence-corrected chi connectivity index (χ0v) is 28.0. The fraction of sp³-hybridized carbons (Fsp3) is 0.607. The van der Waals surface area contributed by atoms with Crippen LogP contribution in [0.3, 0.4) is 0 Å². The minimum atomic E-state index is -2.01. The van der Waals surface area contributed by atoms with E-state index in [9.17, 15) is 0 Å². The molecule has 35 heavy (non-hydrogen) atoms. The van der Waals surface area contributed by atoms with Gasteiger partial charge in [0.25, 0.3) is 0 Å². The Morgan fingerprint density at radius 3 is 2.20 bits per heavy atom. The summed E-state index contributed by atoms with van der Waals surface area (Å²) < 4.78 is 8.82. The Hall–Kier alpha value is 0.221. The van der Waals surface area contributed by atoms with Gasteiger partial charge in [0.1, 0.15) is 0 Å². The van der Waals surface area contributed by atoms with Crippen molar-refractivity contribution in [2.24, 2.45) is 0 Å². The second kappa shape index (κ2) is 13.3. The van der Waals surface area contributed by atoms with Gasteiger partial charge in [-0.1, -0.05) is 103 Å². The Morgan fingerprint density at radius 1 is 1.00 bits per heavy atom. The molecule has 1 heterocycles. The van der Waals surface area contributed by atoms with Gasteiger partial charge in [0, 0.05) is 11.3 Å². The first-order valence-electron chi connectivity index (χ1n) is 12.7. The molecule has 3 rings (SSSR count). The first-order valence-corrected chi connectivity index (χ1v) is 20.4. The van der Waals surface area contributed by atoms with Crippen LogP contribution in [0.25, 0.3) is 25.2 Å². The van der Waals surface area contributed by atoms with Crippen molar-refractivity contribution >= 4 is 63.5 Å². The van der Waals surface area contributed by atoms with E-state index in [0.29, 0.717) is 0 Å². The van der Waals surface area contributed by atoms with Crippen molar-refractivity contribution in [1.29, 1.82) is 0 Å². The molecule has 2 aromatic carbocycles. The van der Waals surface area contributed by atoms with E-state index >= 15 is 0 Å². The van der Waals surface area contributed by atoms with E-state index < -0.39 is 25.3 Å². The molecule has 7 heteroatoms. The van der Waals surface area contributed by atoms with Crippen LogP contribution in [0.5, 0.6) is 0 Å². The summed E-state index contributed by atoms with van der Waals surface area (Å²) in [5.74, 6) is 0. The molecule has 0 N–H and O–H groups in total. The van der Waals surface area contributed by atoms with Crippen LogP contribution in [0.2, 0.25) is 12.6 Å². The number of fused-ring (bicyclic) bond motifs is 3. The molecule has 0 amide bonds. The van der Waals surface area contributed by atoms with Crippen molar-refractivity contribution in [1.82, 2.24) is 0 Å². The number of benzene rings is 1. The fourth-order valence-corrected chi connectivity index (χ4v) is 11.6. The number of unbranched alkanes of at least 4 members (excludes halogenated alkanes) is 3. The molecule has 0 bridgehead atoms. The number of hydrogen-bond donors (Lipinski definition) is 0. The number of hydrogen-bond acceptors (Lipinski definition) is 2. The second-order valence-electron chi connectivity index (χ2n) is 11.7. The van der Waals surface area contributed by atoms with Gasteiger partial charge in [0.2, 0.25) is 0 Å². The molecule has 196 valence electrons. The summed E-state index contributed by atoms with van der Waals surface area (Å²) >= 11 is 1.43. The maximum absolute atomic E-state index is 5.90. The Kier molecular flexibility index (Phi) is 12.0. The molecular weight excluding hydrogens is 545 g/mol. The van der Waals surface area contributed by atoms with Gasteiger partial charge >= 0.3 is 35.6 Å². The van der Waals surface area contributed by atoms with E-state index in [-0.39, 0.29) is 11.1 Å². The van der Waals surface area contributed by atoms with Crippen molar-refractivity contribution < 1.29 is 21.8 Å². The van der Waals surface area contributed by atoms with Crippen LogP contribution in [0.1, 0.15) is 78.4 Å². The van der Waals surface area contributed by atoms with Crippen LogP contribution in [-0.4, -0.2) is 26.0 Å². The molecule has 2 nitrogen and oxygen atoms in total. The Balaban J connectivity index is 0.00000137. The van der Waals surface area contributed by atoms with Crippen LogP contribution in [0.4, 0.5) is 0 Å². The zero-order valence-electron chi connectivity index (χ0n) is 23.1. The molecule has 0 saturated heterocycles. The van der Waals surface area contributed by atoms with E-state index in [2.05, 4.69) is 86.2 Å². The quantitative estimate of drug-likeness (QED) is 0.139. The van der Waals surface area contributed by atoms with E-state index in [1.54, 1.807) is 5.19 Å². The molecule has 0 aliphatic heterocycles. The summed E-state index contributed by atoms with van der Waals surface area (Å²) in [6, 6.07) is 10.1. The number of rotatable bonds is 9. The third-order valence-electron chi connectivity index (χ3n) is 6.35. The molecule has 1 aromatic heterocycles. The summed E-state index contributed by atoms with van der Waals surface area (Å²) in [5.41, 5.74) is 2.93. The minimum absolute atomic E-state index is 0.0118. The van der Waals surface area contributed by atoms with Crippen LogP contribution in [0.15, 0.2) is 24.3 Å². The van der Waals surface area contributed by atoms with E-state index in [4.69, 9.17) is 28.3 Å². The standard InChI is InChI=1S/C28H43NOSSi.2ClH.Ti/c1-20-21(2)26(25-24(20)22-16-12-13-17-23(22)31-25)32(9,29-27(3,4)5)19-15-11-10-14-18-30-28(6,7)8;;;/h12-13,16-17H,10-11,14-15,18-19H2,1-9H3;2*1H;/q-2;;;+2/p-2. The Morgan fingerprint density at radius 2 is 1.60 bits per heavy atom. The number of aryl methyl sites for hydroxylation is 1. The number of thiophene rings is 1. The Bertz CT molecular complexity index is 1080. The number of ether oxygens (including phenoxy) is 1. The van der Waals surface area contributed by atoms with Gasteiger partial charge < -0.3 is 9.72 Å². The Labute approximate surface area is 235 Å². The van der Waals surface area contributed by atoms with Crippen molar-refractivity contribution in [3.8, 4) is 0 Å². The van der Waals surface area contributed by atoms with Gasteiger partial charge in [0.05, 0.1) is 5.60 Å². The molecule has 3 aromatic rings. The van der Waals surface area contributed by atoms with Crippen molar-refractivity contribution in [3.05, 3.63) is 40.4 Å². The third-order valence-corrected chi connectivity index (χ3v) is 11.9. The van der Waals surface area contributed by atoms with Gasteiger partial charge in [0.15, 0.2) is 0 Å². The fourth-order valence-electron chi connectivity index (χ4n) is 5.07. The van der Waals surface area contributed by atoms with Gasteiger partial charge in [-0.05, 0) is 33.3 Å².